The number of benzene rings is 1. The maximum atomic E-state index is 11.8. The summed E-state index contributed by atoms with van der Waals surface area (Å²) in [5.41, 5.74) is 0.729. The minimum atomic E-state index is -0.294. The molecule has 0 atom stereocenters. The molecule has 0 aliphatic heterocycles. The number of hydrogen-bond donors (Lipinski definition) is 1. The van der Waals surface area contributed by atoms with Gasteiger partial charge in [0.05, 0.1) is 7.11 Å². The molecule has 1 amide bonds. The first-order valence-corrected chi connectivity index (χ1v) is 6.61. The highest BCUT2D eigenvalue weighted by molar-refractivity contribution is 5.75. The fourth-order valence-electron chi connectivity index (χ4n) is 1.94. The molecule has 1 N–H and O–H groups in total. The van der Waals surface area contributed by atoms with Crippen molar-refractivity contribution in [3.05, 3.63) is 58.5 Å². The number of aromatic nitrogens is 2. The van der Waals surface area contributed by atoms with Gasteiger partial charge in [0.25, 0.3) is 5.56 Å². The number of carbonyl (C=O) groups excluding carboxylic acids is 1. The summed E-state index contributed by atoms with van der Waals surface area (Å²) in [6.07, 6.45) is 2.14. The van der Waals surface area contributed by atoms with Gasteiger partial charge in [0, 0.05) is 18.8 Å². The van der Waals surface area contributed by atoms with Crippen LogP contribution in [0.15, 0.2) is 47.4 Å². The molecule has 6 nitrogen and oxygen atoms in total. The summed E-state index contributed by atoms with van der Waals surface area (Å²) in [4.78, 5) is 23.2. The van der Waals surface area contributed by atoms with Crippen LogP contribution in [-0.4, -0.2) is 29.3 Å². The van der Waals surface area contributed by atoms with Crippen LogP contribution in [0.4, 0.5) is 0 Å². The lowest BCUT2D eigenvalue weighted by Gasteiger charge is -2.09. The summed E-state index contributed by atoms with van der Waals surface area (Å²) >= 11 is 0. The zero-order valence-electron chi connectivity index (χ0n) is 11.8. The number of nitrogens with one attached hydrogen (secondary N) is 1. The Morgan fingerprint density at radius 3 is 2.86 bits per heavy atom. The molecule has 1 aromatic heterocycles. The number of methoxy groups -OCH3 is 1. The Labute approximate surface area is 122 Å². The molecule has 21 heavy (non-hydrogen) atoms. The molecule has 0 saturated heterocycles. The minimum Gasteiger partial charge on any atom is -0.496 e. The van der Waals surface area contributed by atoms with E-state index in [2.05, 4.69) is 10.4 Å². The first-order valence-electron chi connectivity index (χ1n) is 6.61. The molecule has 0 radical (unpaired) electrons. The van der Waals surface area contributed by atoms with Crippen molar-refractivity contribution < 1.29 is 9.53 Å². The van der Waals surface area contributed by atoms with Gasteiger partial charge >= 0.3 is 0 Å². The standard InChI is InChI=1S/C15H17N3O3/c1-21-13-6-3-2-5-12(13)8-10-16-14(19)11-18-15(20)7-4-9-17-18/h2-7,9H,8,10-11H2,1H3,(H,16,19). The second-order valence-corrected chi connectivity index (χ2v) is 4.43. The van der Waals surface area contributed by atoms with Gasteiger partial charge in [-0.3, -0.25) is 9.59 Å². The average molecular weight is 287 g/mol. The van der Waals surface area contributed by atoms with Gasteiger partial charge in [-0.2, -0.15) is 5.10 Å². The van der Waals surface area contributed by atoms with Crippen LogP contribution in [0.3, 0.4) is 0 Å². The van der Waals surface area contributed by atoms with Crippen LogP contribution >= 0.6 is 0 Å². The summed E-state index contributed by atoms with van der Waals surface area (Å²) in [5, 5.41) is 6.60. The van der Waals surface area contributed by atoms with Crippen molar-refractivity contribution in [2.75, 3.05) is 13.7 Å². The van der Waals surface area contributed by atoms with Gasteiger partial charge in [-0.15, -0.1) is 0 Å². The third kappa shape index (κ3) is 4.17. The van der Waals surface area contributed by atoms with Crippen molar-refractivity contribution in [3.63, 3.8) is 0 Å². The Hall–Kier alpha value is -2.63. The number of rotatable bonds is 6. The molecule has 0 fully saturated rings. The molecular formula is C15H17N3O3. The summed E-state index contributed by atoms with van der Waals surface area (Å²) < 4.78 is 6.37. The van der Waals surface area contributed by atoms with Crippen molar-refractivity contribution in [2.45, 2.75) is 13.0 Å². The highest BCUT2D eigenvalue weighted by atomic mass is 16.5. The molecule has 0 unspecified atom stereocenters. The quantitative estimate of drug-likeness (QED) is 0.845. The SMILES string of the molecule is COc1ccccc1CCNC(=O)Cn1ncccc1=O. The van der Waals surface area contributed by atoms with Crippen LogP contribution in [0.5, 0.6) is 5.75 Å². The zero-order chi connectivity index (χ0) is 15.1. The molecular weight excluding hydrogens is 270 g/mol. The normalized spacial score (nSPS) is 10.1. The zero-order valence-corrected chi connectivity index (χ0v) is 11.8. The lowest BCUT2D eigenvalue weighted by Crippen LogP contribution is -2.34. The fraction of sp³-hybridized carbons (Fsp3) is 0.267. The number of ether oxygens (including phenoxy) is 1. The Morgan fingerprint density at radius 1 is 1.29 bits per heavy atom. The molecule has 6 heteroatoms. The van der Waals surface area contributed by atoms with Gasteiger partial charge in [-0.1, -0.05) is 18.2 Å². The summed E-state index contributed by atoms with van der Waals surface area (Å²) in [6, 6.07) is 10.6. The number of amides is 1. The molecule has 2 rings (SSSR count). The Balaban J connectivity index is 1.85. The molecule has 0 spiro atoms. The van der Waals surface area contributed by atoms with Gasteiger partial charge in [-0.25, -0.2) is 4.68 Å². The Morgan fingerprint density at radius 2 is 2.10 bits per heavy atom. The van der Waals surface area contributed by atoms with Crippen molar-refractivity contribution in [1.82, 2.24) is 15.1 Å². The van der Waals surface area contributed by atoms with Crippen LogP contribution in [0.1, 0.15) is 5.56 Å². The van der Waals surface area contributed by atoms with Crippen LogP contribution in [-0.2, 0) is 17.8 Å². The molecule has 0 aliphatic carbocycles. The van der Waals surface area contributed by atoms with Gasteiger partial charge < -0.3 is 10.1 Å². The van der Waals surface area contributed by atoms with Crippen molar-refractivity contribution >= 4 is 5.91 Å². The van der Waals surface area contributed by atoms with E-state index in [1.807, 2.05) is 24.3 Å². The maximum absolute atomic E-state index is 11.8. The molecule has 0 bridgehead atoms. The highest BCUT2D eigenvalue weighted by Gasteiger charge is 2.06. The first-order chi connectivity index (χ1) is 10.2. The molecule has 0 aliphatic rings. The largest absolute Gasteiger partial charge is 0.496 e. The summed E-state index contributed by atoms with van der Waals surface area (Å²) in [5.74, 6) is 0.554. The predicted molar refractivity (Wildman–Crippen MR) is 78.2 cm³/mol. The molecule has 110 valence electrons. The van der Waals surface area contributed by atoms with E-state index in [1.54, 1.807) is 13.2 Å². The van der Waals surface area contributed by atoms with E-state index in [1.165, 1.54) is 12.3 Å². The lowest BCUT2D eigenvalue weighted by molar-refractivity contribution is -0.121. The highest BCUT2D eigenvalue weighted by Crippen LogP contribution is 2.17. The van der Waals surface area contributed by atoms with E-state index < -0.39 is 0 Å². The van der Waals surface area contributed by atoms with E-state index in [9.17, 15) is 9.59 Å². The van der Waals surface area contributed by atoms with Gasteiger partial charge in [0.2, 0.25) is 5.91 Å². The van der Waals surface area contributed by atoms with Crippen molar-refractivity contribution in [2.24, 2.45) is 0 Å². The van der Waals surface area contributed by atoms with Crippen LogP contribution in [0.25, 0.3) is 0 Å². The summed E-state index contributed by atoms with van der Waals surface area (Å²) in [6.45, 7) is 0.395. The van der Waals surface area contributed by atoms with Gasteiger partial charge in [0.15, 0.2) is 0 Å². The average Bonchev–Trinajstić information content (AvgIpc) is 2.50. The molecule has 2 aromatic rings. The molecule has 1 aromatic carbocycles. The lowest BCUT2D eigenvalue weighted by atomic mass is 10.1. The third-order valence-electron chi connectivity index (χ3n) is 2.99. The first kappa shape index (κ1) is 14.8. The van der Waals surface area contributed by atoms with Crippen LogP contribution < -0.4 is 15.6 Å². The number of nitrogens with zero attached hydrogens (tertiary/aromatic N) is 2. The van der Waals surface area contributed by atoms with Gasteiger partial charge in [-0.05, 0) is 24.1 Å². The summed E-state index contributed by atoms with van der Waals surface area (Å²) in [7, 11) is 1.62. The monoisotopic (exact) mass is 287 g/mol. The maximum Gasteiger partial charge on any atom is 0.267 e. The van der Waals surface area contributed by atoms with Crippen LogP contribution in [0, 0.1) is 0 Å². The molecule has 0 saturated carbocycles. The van der Waals surface area contributed by atoms with Crippen molar-refractivity contribution in [1.29, 1.82) is 0 Å². The van der Waals surface area contributed by atoms with E-state index in [0.717, 1.165) is 16.0 Å². The smallest absolute Gasteiger partial charge is 0.267 e. The number of carbonyl (C=O) groups is 1. The Kier molecular flexibility index (Phi) is 5.09. The number of para-hydroxylation sites is 1. The minimum absolute atomic E-state index is 0.0778. The second kappa shape index (κ2) is 7.23. The number of hydrogen-bond acceptors (Lipinski definition) is 4. The van der Waals surface area contributed by atoms with E-state index in [4.69, 9.17) is 4.74 Å². The second-order valence-electron chi connectivity index (χ2n) is 4.43. The topological polar surface area (TPSA) is 73.2 Å². The van der Waals surface area contributed by atoms with E-state index in [-0.39, 0.29) is 18.0 Å². The molecule has 1 heterocycles. The van der Waals surface area contributed by atoms with Gasteiger partial charge in [0.1, 0.15) is 12.3 Å². The predicted octanol–water partition coefficient (Wildman–Crippen LogP) is 0.611. The van der Waals surface area contributed by atoms with E-state index in [0.29, 0.717) is 13.0 Å². The third-order valence-corrected chi connectivity index (χ3v) is 2.99. The van der Waals surface area contributed by atoms with Crippen LogP contribution in [0.2, 0.25) is 0 Å². The van der Waals surface area contributed by atoms with E-state index >= 15 is 0 Å². The fourth-order valence-corrected chi connectivity index (χ4v) is 1.94. The Bertz CT molecular complexity index is 667. The van der Waals surface area contributed by atoms with Crippen molar-refractivity contribution in [3.8, 4) is 5.75 Å².